The summed E-state index contributed by atoms with van der Waals surface area (Å²) in [6, 6.07) is 0. The normalized spacial score (nSPS) is 23.9. The lowest BCUT2D eigenvalue weighted by molar-refractivity contribution is -0.260. The molecule has 0 aromatic heterocycles. The number of piperazine rings is 2. The Morgan fingerprint density at radius 1 is 0.559 bits per heavy atom. The van der Waals surface area contributed by atoms with E-state index >= 15 is 0 Å². The van der Waals surface area contributed by atoms with Crippen molar-refractivity contribution in [2.45, 2.75) is 129 Å². The number of hydrogen-bond acceptors (Lipinski definition) is 8. The Bertz CT molecular complexity index is 600. The van der Waals surface area contributed by atoms with Gasteiger partial charge in [-0.3, -0.25) is 9.59 Å². The molecule has 0 unspecified atom stereocenters. The van der Waals surface area contributed by atoms with Gasteiger partial charge in [0.2, 0.25) is 0 Å². The van der Waals surface area contributed by atoms with Gasteiger partial charge in [-0.25, -0.2) is 0 Å². The van der Waals surface area contributed by atoms with Gasteiger partial charge in [0.1, 0.15) is 0 Å². The third-order valence-electron chi connectivity index (χ3n) is 6.83. The fourth-order valence-electron chi connectivity index (χ4n) is 5.31. The molecule has 0 aliphatic carbocycles. The van der Waals surface area contributed by atoms with Gasteiger partial charge >= 0.3 is 11.9 Å². The van der Waals surface area contributed by atoms with Crippen molar-refractivity contribution < 1.29 is 19.3 Å². The fourth-order valence-corrected chi connectivity index (χ4v) is 5.31. The largest absolute Gasteiger partial charge is 0.367 e. The van der Waals surface area contributed by atoms with Gasteiger partial charge in [0.05, 0.1) is 22.2 Å². The Morgan fingerprint density at radius 2 is 0.824 bits per heavy atom. The van der Waals surface area contributed by atoms with Crippen molar-refractivity contribution in [2.24, 2.45) is 0 Å². The molecule has 2 saturated heterocycles. The van der Waals surface area contributed by atoms with Gasteiger partial charge < -0.3 is 20.3 Å². The monoisotopic (exact) mass is 482 g/mol. The van der Waals surface area contributed by atoms with Crippen LogP contribution < -0.4 is 10.6 Å². The van der Waals surface area contributed by atoms with Crippen LogP contribution in [0.25, 0.3) is 0 Å². The Kier molecular flexibility index (Phi) is 9.96. The highest BCUT2D eigenvalue weighted by molar-refractivity contribution is 5.69. The summed E-state index contributed by atoms with van der Waals surface area (Å²) in [6.45, 7) is 19.9. The topological polar surface area (TPSA) is 83.1 Å². The van der Waals surface area contributed by atoms with Crippen LogP contribution in [0.3, 0.4) is 0 Å². The average molecular weight is 483 g/mol. The molecule has 2 aliphatic heterocycles. The van der Waals surface area contributed by atoms with E-state index in [1.807, 2.05) is 10.1 Å². The molecule has 2 fully saturated rings. The van der Waals surface area contributed by atoms with E-state index in [0.717, 1.165) is 64.7 Å². The lowest BCUT2D eigenvalue weighted by Crippen LogP contribution is -2.67. The highest BCUT2D eigenvalue weighted by Gasteiger charge is 2.45. The molecule has 2 aliphatic rings. The predicted octanol–water partition coefficient (Wildman–Crippen LogP) is 3.95. The van der Waals surface area contributed by atoms with Crippen LogP contribution in [0, 0.1) is 0 Å². The van der Waals surface area contributed by atoms with Gasteiger partial charge in [0, 0.05) is 39.0 Å². The van der Waals surface area contributed by atoms with Crippen LogP contribution in [0.15, 0.2) is 0 Å². The van der Waals surface area contributed by atoms with Gasteiger partial charge in [-0.1, -0.05) is 25.7 Å². The molecular formula is C26H50N4O4. The summed E-state index contributed by atoms with van der Waals surface area (Å²) in [5.74, 6) is -0.297. The first-order valence-corrected chi connectivity index (χ1v) is 13.1. The highest BCUT2D eigenvalue weighted by Crippen LogP contribution is 2.30. The minimum Gasteiger partial charge on any atom is -0.367 e. The maximum atomic E-state index is 12.4. The van der Waals surface area contributed by atoms with Crippen LogP contribution in [-0.4, -0.2) is 70.4 Å². The average Bonchev–Trinajstić information content (AvgIpc) is 2.69. The van der Waals surface area contributed by atoms with Crippen LogP contribution in [0.2, 0.25) is 0 Å². The summed E-state index contributed by atoms with van der Waals surface area (Å²) in [5, 5.41) is 10.6. The number of unbranched alkanes of at least 4 members (excludes halogenated alkanes) is 5. The fraction of sp³-hybridized carbons (Fsp3) is 0.923. The second-order valence-corrected chi connectivity index (χ2v) is 12.6. The third kappa shape index (κ3) is 8.18. The van der Waals surface area contributed by atoms with E-state index in [1.165, 1.54) is 0 Å². The number of rotatable bonds is 11. The molecule has 8 nitrogen and oxygen atoms in total. The minimum absolute atomic E-state index is 0.149. The van der Waals surface area contributed by atoms with Crippen LogP contribution in [0.5, 0.6) is 0 Å². The highest BCUT2D eigenvalue weighted by atomic mass is 16.7. The zero-order valence-corrected chi connectivity index (χ0v) is 23.0. The molecule has 0 spiro atoms. The van der Waals surface area contributed by atoms with E-state index < -0.39 is 0 Å². The maximum Gasteiger partial charge on any atom is 0.325 e. The second-order valence-electron chi connectivity index (χ2n) is 12.6. The molecule has 2 rings (SSSR count). The van der Waals surface area contributed by atoms with Crippen LogP contribution in [0.4, 0.5) is 0 Å². The van der Waals surface area contributed by atoms with Gasteiger partial charge in [-0.15, -0.1) is 10.1 Å². The molecular weight excluding hydrogens is 432 g/mol. The SMILES string of the molecule is CC1(C)CNCC(C)(C)N1OC(=O)CCCCCCCCC(=O)ON1C(C)(C)CNCC1(C)C. The van der Waals surface area contributed by atoms with E-state index in [0.29, 0.717) is 12.8 Å². The molecule has 0 atom stereocenters. The Labute approximate surface area is 207 Å². The van der Waals surface area contributed by atoms with Crippen LogP contribution in [0.1, 0.15) is 107 Å². The van der Waals surface area contributed by atoms with E-state index in [1.54, 1.807) is 0 Å². The predicted molar refractivity (Wildman–Crippen MR) is 135 cm³/mol. The quantitative estimate of drug-likeness (QED) is 0.429. The zero-order valence-electron chi connectivity index (χ0n) is 23.0. The molecule has 0 amide bonds. The lowest BCUT2D eigenvalue weighted by atomic mass is 9.92. The molecule has 0 aromatic carbocycles. The third-order valence-corrected chi connectivity index (χ3v) is 6.83. The maximum absolute atomic E-state index is 12.4. The van der Waals surface area contributed by atoms with E-state index in [2.05, 4.69) is 66.0 Å². The van der Waals surface area contributed by atoms with Gasteiger partial charge in [0.25, 0.3) is 0 Å². The van der Waals surface area contributed by atoms with Gasteiger partial charge in [0.15, 0.2) is 0 Å². The molecule has 34 heavy (non-hydrogen) atoms. The number of carbonyl (C=O) groups is 2. The summed E-state index contributed by atoms with van der Waals surface area (Å²) < 4.78 is 0. The van der Waals surface area contributed by atoms with Gasteiger partial charge in [-0.2, -0.15) is 0 Å². The number of nitrogens with zero attached hydrogens (tertiary/aromatic N) is 2. The van der Waals surface area contributed by atoms with Crippen molar-refractivity contribution in [2.75, 3.05) is 26.2 Å². The van der Waals surface area contributed by atoms with Crippen molar-refractivity contribution in [3.8, 4) is 0 Å². The first kappa shape index (κ1) is 29.0. The Hall–Kier alpha value is -1.22. The van der Waals surface area contributed by atoms with Crippen LogP contribution >= 0.6 is 0 Å². The summed E-state index contributed by atoms with van der Waals surface area (Å²) in [5.41, 5.74) is -0.909. The molecule has 0 radical (unpaired) electrons. The van der Waals surface area contributed by atoms with Crippen molar-refractivity contribution >= 4 is 11.9 Å². The first-order chi connectivity index (χ1) is 15.7. The molecule has 8 heteroatoms. The Morgan fingerprint density at radius 3 is 1.12 bits per heavy atom. The van der Waals surface area contributed by atoms with Crippen molar-refractivity contribution in [3.05, 3.63) is 0 Å². The molecule has 0 aromatic rings. The summed E-state index contributed by atoms with van der Waals surface area (Å²) in [4.78, 5) is 36.4. The molecule has 198 valence electrons. The molecule has 2 heterocycles. The number of hydroxylamine groups is 4. The number of carbonyl (C=O) groups excluding carboxylic acids is 2. The lowest BCUT2D eigenvalue weighted by Gasteiger charge is -2.50. The van der Waals surface area contributed by atoms with Crippen molar-refractivity contribution in [1.82, 2.24) is 20.8 Å². The standard InChI is InChI=1S/C26H50N4O4/c1-23(2)17-27-18-24(3,4)29(23)33-21(31)15-13-11-9-10-12-14-16-22(32)34-30-25(5,6)19-28-20-26(30,7)8/h27-28H,9-20H2,1-8H3. The first-order valence-electron chi connectivity index (χ1n) is 13.1. The van der Waals surface area contributed by atoms with Crippen LogP contribution in [-0.2, 0) is 19.3 Å². The summed E-state index contributed by atoms with van der Waals surface area (Å²) in [6.07, 6.45) is 6.67. The second kappa shape index (κ2) is 11.7. The summed E-state index contributed by atoms with van der Waals surface area (Å²) >= 11 is 0. The summed E-state index contributed by atoms with van der Waals surface area (Å²) in [7, 11) is 0. The molecule has 0 bridgehead atoms. The number of nitrogens with one attached hydrogen (secondary N) is 2. The van der Waals surface area contributed by atoms with E-state index in [4.69, 9.17) is 9.68 Å². The van der Waals surface area contributed by atoms with Gasteiger partial charge in [-0.05, 0) is 68.2 Å². The zero-order chi connectivity index (χ0) is 25.6. The Balaban J connectivity index is 1.57. The number of hydrogen-bond donors (Lipinski definition) is 2. The van der Waals surface area contributed by atoms with E-state index in [-0.39, 0.29) is 34.1 Å². The molecule has 2 N–H and O–H groups in total. The minimum atomic E-state index is -0.227. The smallest absolute Gasteiger partial charge is 0.325 e. The van der Waals surface area contributed by atoms with Crippen molar-refractivity contribution in [3.63, 3.8) is 0 Å². The molecule has 0 saturated carbocycles. The van der Waals surface area contributed by atoms with E-state index in [9.17, 15) is 9.59 Å². The van der Waals surface area contributed by atoms with Crippen molar-refractivity contribution in [1.29, 1.82) is 0 Å².